The normalized spacial score (nSPS) is 19.5. The summed E-state index contributed by atoms with van der Waals surface area (Å²) in [5.74, 6) is 0. The van der Waals surface area contributed by atoms with Crippen molar-refractivity contribution in [2.24, 2.45) is 5.41 Å². The Bertz CT molecular complexity index is 198. The van der Waals surface area contributed by atoms with Gasteiger partial charge < -0.3 is 13.6 Å². The molecule has 0 unspecified atom stereocenters. The third kappa shape index (κ3) is 3.55. The second-order valence-electron chi connectivity index (χ2n) is 4.93. The van der Waals surface area contributed by atoms with Crippen LogP contribution in [-0.2, 0) is 13.6 Å². The molecular formula is C12H26O3Si. The summed E-state index contributed by atoms with van der Waals surface area (Å²) in [6, 6.07) is 2.15. The Morgan fingerprint density at radius 2 is 1.69 bits per heavy atom. The molecule has 1 fully saturated rings. The highest BCUT2D eigenvalue weighted by molar-refractivity contribution is 6.67. The van der Waals surface area contributed by atoms with Crippen molar-refractivity contribution in [1.82, 2.24) is 0 Å². The van der Waals surface area contributed by atoms with Gasteiger partial charge in [0.1, 0.15) is 0 Å². The number of ether oxygens (including phenoxy) is 1. The van der Waals surface area contributed by atoms with E-state index < -0.39 is 8.56 Å². The fraction of sp³-hybridized carbons (Fsp3) is 1.00. The highest BCUT2D eigenvalue weighted by Crippen LogP contribution is 2.35. The maximum atomic E-state index is 5.96. The molecule has 0 aromatic heterocycles. The fourth-order valence-corrected chi connectivity index (χ4v) is 5.35. The molecule has 0 spiro atoms. The van der Waals surface area contributed by atoms with Crippen molar-refractivity contribution in [2.45, 2.75) is 46.2 Å². The predicted molar refractivity (Wildman–Crippen MR) is 67.8 cm³/mol. The first kappa shape index (κ1) is 14.2. The van der Waals surface area contributed by atoms with Gasteiger partial charge in [-0.3, -0.25) is 0 Å². The van der Waals surface area contributed by atoms with E-state index in [-0.39, 0.29) is 0 Å². The molecule has 4 heteroatoms. The molecule has 0 aromatic rings. The minimum absolute atomic E-state index is 0.377. The zero-order valence-electron chi connectivity index (χ0n) is 11.2. The summed E-state index contributed by atoms with van der Waals surface area (Å²) in [7, 11) is -1.92. The van der Waals surface area contributed by atoms with Gasteiger partial charge >= 0.3 is 8.56 Å². The van der Waals surface area contributed by atoms with Crippen molar-refractivity contribution in [3.8, 4) is 0 Å². The van der Waals surface area contributed by atoms with Gasteiger partial charge in [0.2, 0.25) is 0 Å². The van der Waals surface area contributed by atoms with Crippen LogP contribution >= 0.6 is 0 Å². The Hall–Kier alpha value is 0.0969. The van der Waals surface area contributed by atoms with Crippen LogP contribution in [0, 0.1) is 5.41 Å². The monoisotopic (exact) mass is 246 g/mol. The smallest absolute Gasteiger partial charge is 0.337 e. The second-order valence-corrected chi connectivity index (χ2v) is 8.54. The van der Waals surface area contributed by atoms with E-state index in [1.54, 1.807) is 0 Å². The van der Waals surface area contributed by atoms with Gasteiger partial charge in [-0.25, -0.2) is 0 Å². The van der Waals surface area contributed by atoms with Crippen LogP contribution in [0.4, 0.5) is 0 Å². The molecule has 0 aliphatic carbocycles. The topological polar surface area (TPSA) is 27.7 Å². The van der Waals surface area contributed by atoms with E-state index in [4.69, 9.17) is 13.6 Å². The van der Waals surface area contributed by atoms with E-state index in [1.807, 2.05) is 0 Å². The van der Waals surface area contributed by atoms with Crippen LogP contribution in [0.1, 0.15) is 34.1 Å². The average Bonchev–Trinajstić information content (AvgIpc) is 2.24. The number of hydrogen-bond acceptors (Lipinski definition) is 3. The summed E-state index contributed by atoms with van der Waals surface area (Å²) in [5, 5.41) is 0. The molecule has 0 N–H and O–H groups in total. The lowest BCUT2D eigenvalue weighted by Crippen LogP contribution is -2.46. The van der Waals surface area contributed by atoms with Gasteiger partial charge in [-0.05, 0) is 32.4 Å². The Kier molecular flexibility index (Phi) is 5.44. The lowest BCUT2D eigenvalue weighted by Gasteiger charge is -2.40. The third-order valence-corrected chi connectivity index (χ3v) is 7.08. The molecule has 1 aliphatic rings. The minimum Gasteiger partial charge on any atom is -0.394 e. The Balaban J connectivity index is 2.47. The highest BCUT2D eigenvalue weighted by atomic mass is 28.4. The van der Waals surface area contributed by atoms with Crippen molar-refractivity contribution in [3.63, 3.8) is 0 Å². The molecule has 0 aromatic carbocycles. The molecule has 0 bridgehead atoms. The van der Waals surface area contributed by atoms with Gasteiger partial charge in [0.05, 0.1) is 13.2 Å². The summed E-state index contributed by atoms with van der Waals surface area (Å²) in [5.41, 5.74) is 0.377. The van der Waals surface area contributed by atoms with Crippen molar-refractivity contribution in [3.05, 3.63) is 0 Å². The van der Waals surface area contributed by atoms with E-state index in [9.17, 15) is 0 Å². The van der Waals surface area contributed by atoms with E-state index >= 15 is 0 Å². The van der Waals surface area contributed by atoms with Gasteiger partial charge in [0.15, 0.2) is 0 Å². The highest BCUT2D eigenvalue weighted by Gasteiger charge is 2.40. The zero-order chi connectivity index (χ0) is 12.1. The molecule has 0 saturated carbocycles. The molecule has 1 saturated heterocycles. The van der Waals surface area contributed by atoms with Crippen LogP contribution in [0.3, 0.4) is 0 Å². The van der Waals surface area contributed by atoms with E-state index in [0.29, 0.717) is 5.41 Å². The standard InChI is InChI=1S/C12H26O3Si/c1-5-14-16(7-3,15-6-2)9-8-12(4)10-13-11-12/h5-11H2,1-4H3. The largest absolute Gasteiger partial charge is 0.394 e. The number of rotatable bonds is 8. The second kappa shape index (κ2) is 6.14. The van der Waals surface area contributed by atoms with E-state index in [1.165, 1.54) is 6.42 Å². The lowest BCUT2D eigenvalue weighted by molar-refractivity contribution is -0.104. The van der Waals surface area contributed by atoms with Crippen LogP contribution in [0.25, 0.3) is 0 Å². The summed E-state index contributed by atoms with van der Waals surface area (Å²) in [6.07, 6.45) is 1.17. The molecule has 1 rings (SSSR count). The molecular weight excluding hydrogens is 220 g/mol. The average molecular weight is 246 g/mol. The molecule has 0 amide bonds. The lowest BCUT2D eigenvalue weighted by atomic mass is 9.86. The third-order valence-electron chi connectivity index (χ3n) is 3.36. The summed E-state index contributed by atoms with van der Waals surface area (Å²) in [6.45, 7) is 12.0. The minimum atomic E-state index is -1.92. The Labute approximate surface area is 101 Å². The van der Waals surface area contributed by atoms with Gasteiger partial charge in [-0.15, -0.1) is 0 Å². The first-order chi connectivity index (χ1) is 7.60. The van der Waals surface area contributed by atoms with Crippen LogP contribution in [0.15, 0.2) is 0 Å². The zero-order valence-corrected chi connectivity index (χ0v) is 12.2. The Morgan fingerprint density at radius 3 is 2.00 bits per heavy atom. The maximum Gasteiger partial charge on any atom is 0.337 e. The molecule has 16 heavy (non-hydrogen) atoms. The molecule has 1 heterocycles. The van der Waals surface area contributed by atoms with Gasteiger partial charge in [-0.2, -0.15) is 0 Å². The molecule has 0 radical (unpaired) electrons. The van der Waals surface area contributed by atoms with Crippen LogP contribution in [0.5, 0.6) is 0 Å². The molecule has 3 nitrogen and oxygen atoms in total. The molecule has 1 aliphatic heterocycles. The maximum absolute atomic E-state index is 5.96. The van der Waals surface area contributed by atoms with Gasteiger partial charge in [0.25, 0.3) is 0 Å². The number of hydrogen-bond donors (Lipinski definition) is 0. The SMILES string of the molecule is CCO[Si](CC)(CCC1(C)COC1)OCC. The van der Waals surface area contributed by atoms with Crippen molar-refractivity contribution >= 4 is 8.56 Å². The molecule has 0 atom stereocenters. The first-order valence-electron chi connectivity index (χ1n) is 6.45. The van der Waals surface area contributed by atoms with E-state index in [2.05, 4.69) is 27.7 Å². The predicted octanol–water partition coefficient (Wildman–Crippen LogP) is 2.95. The Morgan fingerprint density at radius 1 is 1.12 bits per heavy atom. The quantitative estimate of drug-likeness (QED) is 0.616. The molecule has 96 valence electrons. The van der Waals surface area contributed by atoms with Crippen molar-refractivity contribution in [2.75, 3.05) is 26.4 Å². The van der Waals surface area contributed by atoms with Crippen molar-refractivity contribution in [1.29, 1.82) is 0 Å². The van der Waals surface area contributed by atoms with E-state index in [0.717, 1.165) is 38.5 Å². The van der Waals surface area contributed by atoms with Gasteiger partial charge in [0, 0.05) is 18.6 Å². The van der Waals surface area contributed by atoms with Crippen LogP contribution in [0.2, 0.25) is 12.1 Å². The summed E-state index contributed by atoms with van der Waals surface area (Å²) in [4.78, 5) is 0. The fourth-order valence-electron chi connectivity index (χ4n) is 2.18. The van der Waals surface area contributed by atoms with Crippen molar-refractivity contribution < 1.29 is 13.6 Å². The van der Waals surface area contributed by atoms with Gasteiger partial charge in [-0.1, -0.05) is 13.8 Å². The van der Waals surface area contributed by atoms with Crippen LogP contribution < -0.4 is 0 Å². The first-order valence-corrected chi connectivity index (χ1v) is 8.68. The summed E-state index contributed by atoms with van der Waals surface area (Å²) < 4.78 is 17.2. The van der Waals surface area contributed by atoms with Crippen LogP contribution in [-0.4, -0.2) is 35.0 Å². The summed E-state index contributed by atoms with van der Waals surface area (Å²) >= 11 is 0.